The molecule has 1 N–H and O–H groups in total. The minimum absolute atomic E-state index is 0.223. The number of aromatic nitrogens is 3. The van der Waals surface area contributed by atoms with Crippen molar-refractivity contribution in [3.8, 4) is 0 Å². The van der Waals surface area contributed by atoms with E-state index >= 15 is 0 Å². The van der Waals surface area contributed by atoms with Crippen molar-refractivity contribution in [3.05, 3.63) is 35.7 Å². The molecular formula is C15H16N4OS2. The summed E-state index contributed by atoms with van der Waals surface area (Å²) in [4.78, 5) is 17.9. The number of fused-ring (bicyclic) bond motifs is 1. The van der Waals surface area contributed by atoms with Crippen molar-refractivity contribution in [2.24, 2.45) is 0 Å². The lowest BCUT2D eigenvalue weighted by Gasteiger charge is -1.98. The van der Waals surface area contributed by atoms with Crippen LogP contribution in [0, 0.1) is 6.92 Å². The summed E-state index contributed by atoms with van der Waals surface area (Å²) < 4.78 is 2.87. The Morgan fingerprint density at radius 1 is 1.41 bits per heavy atom. The molecule has 0 saturated carbocycles. The Balaban J connectivity index is 1.84. The summed E-state index contributed by atoms with van der Waals surface area (Å²) in [5.74, 6) is -0.223. The maximum absolute atomic E-state index is 12.3. The highest BCUT2D eigenvalue weighted by Crippen LogP contribution is 2.29. The van der Waals surface area contributed by atoms with Crippen LogP contribution in [-0.4, -0.2) is 26.9 Å². The fourth-order valence-electron chi connectivity index (χ4n) is 2.19. The fourth-order valence-corrected chi connectivity index (χ4v) is 3.60. The Morgan fingerprint density at radius 2 is 2.23 bits per heavy atom. The summed E-state index contributed by atoms with van der Waals surface area (Å²) in [6, 6.07) is 7.88. The molecule has 0 aliphatic carbocycles. The average Bonchev–Trinajstić information content (AvgIpc) is 3.08. The number of nitrogens with zero attached hydrogens (tertiary/aromatic N) is 3. The monoisotopic (exact) mass is 332 g/mol. The van der Waals surface area contributed by atoms with Crippen LogP contribution >= 0.6 is 23.1 Å². The van der Waals surface area contributed by atoms with Gasteiger partial charge in [0.05, 0.1) is 10.2 Å². The second kappa shape index (κ2) is 6.10. The molecule has 7 heteroatoms. The molecule has 5 nitrogen and oxygen atoms in total. The normalized spacial score (nSPS) is 11.0. The van der Waals surface area contributed by atoms with E-state index in [0.717, 1.165) is 22.5 Å². The molecule has 3 rings (SSSR count). The van der Waals surface area contributed by atoms with Gasteiger partial charge in [-0.1, -0.05) is 11.3 Å². The van der Waals surface area contributed by atoms with Crippen LogP contribution in [0.25, 0.3) is 10.2 Å². The third kappa shape index (κ3) is 2.86. The minimum atomic E-state index is -0.223. The van der Waals surface area contributed by atoms with Gasteiger partial charge in [-0.2, -0.15) is 5.10 Å². The minimum Gasteiger partial charge on any atom is -0.296 e. The lowest BCUT2D eigenvalue weighted by atomic mass is 10.3. The van der Waals surface area contributed by atoms with Crippen LogP contribution in [0.3, 0.4) is 0 Å². The van der Waals surface area contributed by atoms with E-state index in [1.165, 1.54) is 16.2 Å². The van der Waals surface area contributed by atoms with Crippen LogP contribution < -0.4 is 5.32 Å². The van der Waals surface area contributed by atoms with Crippen LogP contribution in [-0.2, 0) is 6.54 Å². The number of hydrogen-bond acceptors (Lipinski definition) is 5. The fraction of sp³-hybridized carbons (Fsp3) is 0.267. The number of rotatable bonds is 4. The zero-order valence-electron chi connectivity index (χ0n) is 12.6. The van der Waals surface area contributed by atoms with E-state index in [4.69, 9.17) is 0 Å². The first kappa shape index (κ1) is 15.1. The molecule has 0 saturated heterocycles. The first-order valence-corrected chi connectivity index (χ1v) is 8.95. The molecule has 0 unspecified atom stereocenters. The lowest BCUT2D eigenvalue weighted by Crippen LogP contribution is -2.13. The van der Waals surface area contributed by atoms with Crippen LogP contribution in [0.1, 0.15) is 23.1 Å². The largest absolute Gasteiger partial charge is 0.296 e. The van der Waals surface area contributed by atoms with Gasteiger partial charge in [0.25, 0.3) is 5.91 Å². The molecule has 0 atom stereocenters. The van der Waals surface area contributed by atoms with Crippen LogP contribution in [0.5, 0.6) is 0 Å². The molecule has 0 fully saturated rings. The first-order chi connectivity index (χ1) is 10.6. The van der Waals surface area contributed by atoms with Gasteiger partial charge in [-0.25, -0.2) is 4.98 Å². The molecule has 114 valence electrons. The number of thioether (sulfide) groups is 1. The van der Waals surface area contributed by atoms with Crippen LogP contribution in [0.2, 0.25) is 0 Å². The van der Waals surface area contributed by atoms with Crippen molar-refractivity contribution in [1.82, 2.24) is 14.8 Å². The molecule has 0 aliphatic heterocycles. The molecule has 1 aromatic carbocycles. The van der Waals surface area contributed by atoms with Gasteiger partial charge in [-0.05, 0) is 44.4 Å². The molecule has 2 heterocycles. The Bertz CT molecular complexity index is 837. The highest BCUT2D eigenvalue weighted by atomic mass is 32.2. The van der Waals surface area contributed by atoms with E-state index < -0.39 is 0 Å². The molecule has 2 aromatic heterocycles. The molecule has 1 amide bonds. The second-order valence-electron chi connectivity index (χ2n) is 4.79. The van der Waals surface area contributed by atoms with E-state index in [2.05, 4.69) is 21.5 Å². The summed E-state index contributed by atoms with van der Waals surface area (Å²) in [7, 11) is 0. The van der Waals surface area contributed by atoms with Crippen molar-refractivity contribution in [2.45, 2.75) is 25.3 Å². The number of nitrogens with one attached hydrogen (secondary N) is 1. The molecule has 0 bridgehead atoms. The molecule has 3 aromatic rings. The Morgan fingerprint density at radius 3 is 2.91 bits per heavy atom. The second-order valence-corrected chi connectivity index (χ2v) is 6.70. The number of thiazole rings is 1. The number of hydrogen-bond donors (Lipinski definition) is 1. The summed E-state index contributed by atoms with van der Waals surface area (Å²) >= 11 is 3.16. The molecule has 0 radical (unpaired) electrons. The summed E-state index contributed by atoms with van der Waals surface area (Å²) in [5, 5.41) is 7.72. The van der Waals surface area contributed by atoms with Crippen LogP contribution in [0.4, 0.5) is 5.13 Å². The molecular weight excluding hydrogens is 316 g/mol. The van der Waals surface area contributed by atoms with E-state index in [1.54, 1.807) is 22.5 Å². The van der Waals surface area contributed by atoms with E-state index in [9.17, 15) is 4.79 Å². The van der Waals surface area contributed by atoms with Gasteiger partial charge in [-0.3, -0.25) is 14.8 Å². The van der Waals surface area contributed by atoms with Crippen molar-refractivity contribution in [2.75, 3.05) is 11.6 Å². The van der Waals surface area contributed by atoms with E-state index in [-0.39, 0.29) is 5.91 Å². The van der Waals surface area contributed by atoms with Gasteiger partial charge >= 0.3 is 0 Å². The van der Waals surface area contributed by atoms with E-state index in [1.807, 2.05) is 32.2 Å². The summed E-state index contributed by atoms with van der Waals surface area (Å²) in [6.45, 7) is 4.69. The highest BCUT2D eigenvalue weighted by Gasteiger charge is 2.14. The quantitative estimate of drug-likeness (QED) is 0.738. The van der Waals surface area contributed by atoms with Crippen molar-refractivity contribution >= 4 is 44.4 Å². The Labute approximate surface area is 136 Å². The molecule has 22 heavy (non-hydrogen) atoms. The van der Waals surface area contributed by atoms with Gasteiger partial charge < -0.3 is 0 Å². The van der Waals surface area contributed by atoms with Gasteiger partial charge in [-0.15, -0.1) is 11.8 Å². The SMILES string of the molecule is CCn1nc(C(=O)Nc2nc3ccc(SC)cc3s2)cc1C. The number of benzene rings is 1. The zero-order chi connectivity index (χ0) is 15.7. The zero-order valence-corrected chi connectivity index (χ0v) is 14.2. The third-order valence-electron chi connectivity index (χ3n) is 3.33. The van der Waals surface area contributed by atoms with Crippen LogP contribution in [0.15, 0.2) is 29.2 Å². The van der Waals surface area contributed by atoms with Crippen molar-refractivity contribution < 1.29 is 4.79 Å². The smallest absolute Gasteiger partial charge is 0.277 e. The van der Waals surface area contributed by atoms with Gasteiger partial charge in [0.1, 0.15) is 0 Å². The van der Waals surface area contributed by atoms with Gasteiger partial charge in [0.15, 0.2) is 10.8 Å². The van der Waals surface area contributed by atoms with Gasteiger partial charge in [0.2, 0.25) is 0 Å². The van der Waals surface area contributed by atoms with Crippen molar-refractivity contribution in [1.29, 1.82) is 0 Å². The lowest BCUT2D eigenvalue weighted by molar-refractivity contribution is 0.102. The van der Waals surface area contributed by atoms with Gasteiger partial charge in [0, 0.05) is 17.1 Å². The number of anilines is 1. The maximum atomic E-state index is 12.3. The predicted molar refractivity (Wildman–Crippen MR) is 92.0 cm³/mol. The number of aryl methyl sites for hydroxylation is 2. The Kier molecular flexibility index (Phi) is 4.17. The average molecular weight is 332 g/mol. The number of carbonyl (C=O) groups excluding carboxylic acids is 1. The van der Waals surface area contributed by atoms with E-state index in [0.29, 0.717) is 10.8 Å². The number of amides is 1. The number of carbonyl (C=O) groups is 1. The molecule has 0 spiro atoms. The molecule has 0 aliphatic rings. The third-order valence-corrected chi connectivity index (χ3v) is 4.99. The predicted octanol–water partition coefficient (Wildman–Crippen LogP) is 3.80. The first-order valence-electron chi connectivity index (χ1n) is 6.91. The standard InChI is InChI=1S/C15H16N4OS2/c1-4-19-9(2)7-12(18-19)14(20)17-15-16-11-6-5-10(21-3)8-13(11)22-15/h5-8H,4H2,1-3H3,(H,16,17,20). The summed E-state index contributed by atoms with van der Waals surface area (Å²) in [5.41, 5.74) is 2.29. The maximum Gasteiger partial charge on any atom is 0.277 e. The topological polar surface area (TPSA) is 59.8 Å². The van der Waals surface area contributed by atoms with Crippen molar-refractivity contribution in [3.63, 3.8) is 0 Å². The Hall–Kier alpha value is -1.86. The highest BCUT2D eigenvalue weighted by molar-refractivity contribution is 7.98. The summed E-state index contributed by atoms with van der Waals surface area (Å²) in [6.07, 6.45) is 2.04.